The first kappa shape index (κ1) is 8.10. The number of nitrogens with one attached hydrogen (secondary N) is 1. The van der Waals surface area contributed by atoms with Crippen LogP contribution in [0.1, 0.15) is 5.56 Å². The molecule has 0 saturated carbocycles. The molecule has 0 spiro atoms. The van der Waals surface area contributed by atoms with Crippen molar-refractivity contribution in [2.75, 3.05) is 5.73 Å². The number of pyridine rings is 1. The van der Waals surface area contributed by atoms with Gasteiger partial charge in [-0.05, 0) is 0 Å². The fraction of sp³-hybridized carbons (Fsp3) is 0.167. The smallest absolute Gasteiger partial charge is 0.251 e. The summed E-state index contributed by atoms with van der Waals surface area (Å²) < 4.78 is 0. The van der Waals surface area contributed by atoms with Crippen LogP contribution in [0.25, 0.3) is 0 Å². The van der Waals surface area contributed by atoms with E-state index in [1.807, 2.05) is 0 Å². The zero-order valence-corrected chi connectivity index (χ0v) is 6.35. The Morgan fingerprint density at radius 3 is 2.82 bits per heavy atom. The lowest BCUT2D eigenvalue weighted by Crippen LogP contribution is -2.09. The first-order valence-corrected chi connectivity index (χ1v) is 3.31. The number of aliphatic hydroxyl groups excluding tert-OH is 1. The molecule has 0 atom stereocenters. The fourth-order valence-electron chi connectivity index (χ4n) is 0.735. The third-order valence-corrected chi connectivity index (χ3v) is 1.61. The second-order valence-electron chi connectivity index (χ2n) is 2.04. The maximum atomic E-state index is 10.7. The van der Waals surface area contributed by atoms with Gasteiger partial charge in [0.25, 0.3) is 5.56 Å². The normalized spacial score (nSPS) is 10.0. The van der Waals surface area contributed by atoms with Gasteiger partial charge in [0.1, 0.15) is 5.15 Å². The van der Waals surface area contributed by atoms with Crippen LogP contribution >= 0.6 is 11.6 Å². The number of nitrogen functional groups attached to an aromatic ring is 1. The van der Waals surface area contributed by atoms with E-state index in [2.05, 4.69) is 4.98 Å². The third-order valence-electron chi connectivity index (χ3n) is 1.29. The quantitative estimate of drug-likeness (QED) is 0.529. The van der Waals surface area contributed by atoms with Crippen molar-refractivity contribution >= 4 is 17.3 Å². The molecule has 0 aliphatic heterocycles. The number of hydrogen-bond donors (Lipinski definition) is 3. The molecule has 60 valence electrons. The molecule has 0 aliphatic rings. The van der Waals surface area contributed by atoms with Crippen molar-refractivity contribution in [2.45, 2.75) is 6.61 Å². The Kier molecular flexibility index (Phi) is 2.16. The van der Waals surface area contributed by atoms with Crippen molar-refractivity contribution in [3.8, 4) is 0 Å². The van der Waals surface area contributed by atoms with Crippen LogP contribution in [-0.4, -0.2) is 10.1 Å². The van der Waals surface area contributed by atoms with Crippen molar-refractivity contribution in [3.63, 3.8) is 0 Å². The third kappa shape index (κ3) is 1.53. The van der Waals surface area contributed by atoms with E-state index in [1.165, 1.54) is 6.07 Å². The molecule has 0 fully saturated rings. The number of H-pyrrole nitrogens is 1. The van der Waals surface area contributed by atoms with Crippen LogP contribution in [0.15, 0.2) is 10.9 Å². The maximum absolute atomic E-state index is 10.7. The molecule has 0 radical (unpaired) electrons. The Bertz CT molecular complexity index is 295. The van der Waals surface area contributed by atoms with Crippen LogP contribution in [0.5, 0.6) is 0 Å². The summed E-state index contributed by atoms with van der Waals surface area (Å²) in [6.45, 7) is -0.276. The van der Waals surface area contributed by atoms with Crippen molar-refractivity contribution in [1.29, 1.82) is 0 Å². The summed E-state index contributed by atoms with van der Waals surface area (Å²) in [6, 6.07) is 1.18. The van der Waals surface area contributed by atoms with Gasteiger partial charge in [0.05, 0.1) is 6.61 Å². The molecule has 4 N–H and O–H groups in total. The summed E-state index contributed by atoms with van der Waals surface area (Å²) in [5, 5.41) is 8.80. The second kappa shape index (κ2) is 2.94. The van der Waals surface area contributed by atoms with Crippen molar-refractivity contribution < 1.29 is 5.11 Å². The van der Waals surface area contributed by atoms with Crippen molar-refractivity contribution in [2.24, 2.45) is 0 Å². The van der Waals surface area contributed by atoms with Crippen LogP contribution in [0.4, 0.5) is 5.69 Å². The van der Waals surface area contributed by atoms with Crippen LogP contribution < -0.4 is 11.3 Å². The van der Waals surface area contributed by atoms with E-state index in [4.69, 9.17) is 22.4 Å². The highest BCUT2D eigenvalue weighted by molar-refractivity contribution is 6.30. The largest absolute Gasteiger partial charge is 0.398 e. The summed E-state index contributed by atoms with van der Waals surface area (Å²) >= 11 is 5.54. The summed E-state index contributed by atoms with van der Waals surface area (Å²) in [7, 11) is 0. The zero-order valence-electron chi connectivity index (χ0n) is 5.60. The number of nitrogens with two attached hydrogens (primary N) is 1. The van der Waals surface area contributed by atoms with E-state index < -0.39 is 0 Å². The SMILES string of the molecule is Nc1cc(=O)[nH]c(Cl)c1CO. The number of aromatic amines is 1. The molecule has 0 aliphatic carbocycles. The predicted molar refractivity (Wildman–Crippen MR) is 42.4 cm³/mol. The first-order valence-electron chi connectivity index (χ1n) is 2.93. The molecule has 0 saturated heterocycles. The molecule has 1 aromatic heterocycles. The van der Waals surface area contributed by atoms with Crippen LogP contribution in [0.2, 0.25) is 5.15 Å². The molecule has 0 amide bonds. The predicted octanol–water partition coefficient (Wildman–Crippen LogP) is 0.103. The second-order valence-corrected chi connectivity index (χ2v) is 2.42. The number of aromatic nitrogens is 1. The van der Waals surface area contributed by atoms with E-state index in [0.29, 0.717) is 5.56 Å². The summed E-state index contributed by atoms with van der Waals surface area (Å²) in [5.41, 5.74) is 5.56. The standard InChI is InChI=1S/C6H7ClN2O2/c7-6-3(2-10)4(8)1-5(11)9-6/h1,10H,2H2,(H3,8,9,11). The van der Waals surface area contributed by atoms with Gasteiger partial charge in [-0.15, -0.1) is 0 Å². The molecule has 5 heteroatoms. The Balaban J connectivity index is 3.36. The Labute approximate surface area is 67.6 Å². The lowest BCUT2D eigenvalue weighted by atomic mass is 10.2. The minimum absolute atomic E-state index is 0.0949. The van der Waals surface area contributed by atoms with E-state index in [9.17, 15) is 4.79 Å². The van der Waals surface area contributed by atoms with Crippen molar-refractivity contribution in [3.05, 3.63) is 27.1 Å². The zero-order chi connectivity index (χ0) is 8.43. The minimum Gasteiger partial charge on any atom is -0.398 e. The monoisotopic (exact) mass is 174 g/mol. The maximum Gasteiger partial charge on any atom is 0.251 e. The van der Waals surface area contributed by atoms with Gasteiger partial charge >= 0.3 is 0 Å². The molecule has 1 aromatic rings. The van der Waals surface area contributed by atoms with E-state index in [-0.39, 0.29) is 23.0 Å². The first-order chi connectivity index (χ1) is 5.15. The highest BCUT2D eigenvalue weighted by atomic mass is 35.5. The molecule has 0 bridgehead atoms. The van der Waals surface area contributed by atoms with Crippen LogP contribution in [0, 0.1) is 0 Å². The molecule has 1 heterocycles. The van der Waals surface area contributed by atoms with Crippen molar-refractivity contribution in [1.82, 2.24) is 4.98 Å². The number of halogens is 1. The number of aliphatic hydroxyl groups is 1. The highest BCUT2D eigenvalue weighted by Crippen LogP contribution is 2.16. The van der Waals surface area contributed by atoms with Gasteiger partial charge < -0.3 is 15.8 Å². The molecular weight excluding hydrogens is 168 g/mol. The molecule has 0 unspecified atom stereocenters. The van der Waals surface area contributed by atoms with Gasteiger partial charge in [-0.3, -0.25) is 4.79 Å². The molecular formula is C6H7ClN2O2. The van der Waals surface area contributed by atoms with Crippen LogP contribution in [-0.2, 0) is 6.61 Å². The lowest BCUT2D eigenvalue weighted by molar-refractivity contribution is 0.282. The molecule has 4 nitrogen and oxygen atoms in total. The van der Waals surface area contributed by atoms with E-state index in [0.717, 1.165) is 0 Å². The van der Waals surface area contributed by atoms with Gasteiger partial charge in [0.15, 0.2) is 0 Å². The molecule has 0 aromatic carbocycles. The average Bonchev–Trinajstić information content (AvgIpc) is 1.85. The summed E-state index contributed by atoms with van der Waals surface area (Å²) in [5.74, 6) is 0. The van der Waals surface area contributed by atoms with Gasteiger partial charge in [0, 0.05) is 17.3 Å². The fourth-order valence-corrected chi connectivity index (χ4v) is 0.997. The van der Waals surface area contributed by atoms with Crippen LogP contribution in [0.3, 0.4) is 0 Å². The number of hydrogen-bond acceptors (Lipinski definition) is 3. The van der Waals surface area contributed by atoms with Gasteiger partial charge in [-0.1, -0.05) is 11.6 Å². The van der Waals surface area contributed by atoms with E-state index in [1.54, 1.807) is 0 Å². The Morgan fingerprint density at radius 2 is 2.36 bits per heavy atom. The topological polar surface area (TPSA) is 79.1 Å². The Hall–Kier alpha value is -1.00. The Morgan fingerprint density at radius 1 is 1.73 bits per heavy atom. The molecule has 11 heavy (non-hydrogen) atoms. The minimum atomic E-state index is -0.371. The van der Waals surface area contributed by atoms with Gasteiger partial charge in [-0.25, -0.2) is 0 Å². The van der Waals surface area contributed by atoms with Gasteiger partial charge in [-0.2, -0.15) is 0 Å². The highest BCUT2D eigenvalue weighted by Gasteiger charge is 2.03. The summed E-state index contributed by atoms with van der Waals surface area (Å²) in [6.07, 6.45) is 0. The molecule has 1 rings (SSSR count). The van der Waals surface area contributed by atoms with Gasteiger partial charge in [0.2, 0.25) is 0 Å². The average molecular weight is 175 g/mol. The van der Waals surface area contributed by atoms with E-state index >= 15 is 0 Å². The number of rotatable bonds is 1. The summed E-state index contributed by atoms with van der Waals surface area (Å²) in [4.78, 5) is 13.0. The number of anilines is 1. The lowest BCUT2D eigenvalue weighted by Gasteiger charge is -2.02.